The summed E-state index contributed by atoms with van der Waals surface area (Å²) in [4.78, 5) is 24.8. The van der Waals surface area contributed by atoms with E-state index in [0.29, 0.717) is 0 Å². The third-order valence-electron chi connectivity index (χ3n) is 0. The van der Waals surface area contributed by atoms with E-state index in [1.165, 1.54) is 0 Å². The van der Waals surface area contributed by atoms with Gasteiger partial charge in [-0.3, -0.25) is 0 Å². The van der Waals surface area contributed by atoms with Crippen LogP contribution in [0.15, 0.2) is 0 Å². The molecule has 0 aliphatic rings. The van der Waals surface area contributed by atoms with Crippen LogP contribution in [0.25, 0.3) is 0 Å². The van der Waals surface area contributed by atoms with Crippen LogP contribution in [0.2, 0.25) is 0 Å². The molecule has 0 bridgehead atoms. The Labute approximate surface area is 112 Å². The van der Waals surface area contributed by atoms with Gasteiger partial charge >= 0.3 is 0 Å². The second kappa shape index (κ2) is 117. The lowest BCUT2D eigenvalue weighted by Crippen LogP contribution is -1.74. The monoisotopic (exact) mass is 348 g/mol. The summed E-state index contributed by atoms with van der Waals surface area (Å²) in [6, 6.07) is 0. The Kier molecular flexibility index (Phi) is 774. The van der Waals surface area contributed by atoms with Crippen LogP contribution in [-0.4, -0.2) is 64.5 Å². The van der Waals surface area contributed by atoms with Crippen LogP contribution in [-0.2, 0) is 0 Å². The topological polar surface area (TPSA) is 482 Å². The largest absolute Gasteiger partial charge is 0.412 e. The molecule has 0 radical (unpaired) electrons. The zero-order valence-corrected chi connectivity index (χ0v) is 9.52. The maximum atomic E-state index is 8.25. The van der Waals surface area contributed by atoms with Crippen LogP contribution in [0.4, 0.5) is 0 Å². The molecule has 0 aliphatic carbocycles. The van der Waals surface area contributed by atoms with Crippen molar-refractivity contribution in [1.82, 2.24) is 0 Å². The Bertz CT molecular complexity index is 110. The average molecular weight is 348 g/mol. The molecule has 0 saturated heterocycles. The zero-order valence-electron chi connectivity index (χ0n) is 9.52. The molecule has 0 amide bonds. The van der Waals surface area contributed by atoms with Crippen molar-refractivity contribution in [3.05, 3.63) is 46.0 Å². The first-order valence-corrected chi connectivity index (χ1v) is 1.64. The molecule has 0 spiro atoms. The van der Waals surface area contributed by atoms with Gasteiger partial charge in [0.25, 0.3) is 0 Å². The molecule has 0 aliphatic heterocycles. The molecule has 0 rings (SSSR count). The molecule has 0 atom stereocenters. The molecule has 18 N–H and O–H groups in total. The molecule has 0 unspecified atom stereocenters. The van der Waals surface area contributed by atoms with Gasteiger partial charge in [0.15, 0.2) is 0 Å². The van der Waals surface area contributed by atoms with Gasteiger partial charge in [-0.2, -0.15) is 0 Å². The summed E-state index contributed by atoms with van der Waals surface area (Å²) in [5, 5.41) is 44.2. The van der Waals surface area contributed by atoms with Crippen LogP contribution in [0.3, 0.4) is 0 Å². The van der Waals surface area contributed by atoms with E-state index in [4.69, 9.17) is 46.0 Å². The molecule has 144 valence electrons. The van der Waals surface area contributed by atoms with Crippen molar-refractivity contribution >= 4 is 0 Å². The Hall–Kier alpha value is -2.76. The summed E-state index contributed by atoms with van der Waals surface area (Å²) >= 11 is 0. The third kappa shape index (κ3) is 526. The Balaban J connectivity index is -0.00000000476. The highest BCUT2D eigenvalue weighted by atomic mass is 16.9. The predicted octanol–water partition coefficient (Wildman–Crippen LogP) is -8.14. The normalized spacial score (nSPS) is 3.43. The maximum absolute atomic E-state index is 8.25. The van der Waals surface area contributed by atoms with E-state index < -0.39 is 15.3 Å². The molecule has 0 heterocycles. The quantitative estimate of drug-likeness (QED) is 0.295. The molecule has 21 nitrogen and oxygen atoms in total. The fraction of sp³-hybridized carbons (Fsp3) is 0. The number of hydrogen-bond acceptors (Lipinski definition) is 9. The van der Waals surface area contributed by atoms with E-state index in [0.717, 1.165) is 0 Å². The van der Waals surface area contributed by atoms with Crippen molar-refractivity contribution in [3.63, 3.8) is 0 Å². The summed E-state index contributed by atoms with van der Waals surface area (Å²) in [5.74, 6) is 0. The van der Waals surface area contributed by atoms with Crippen LogP contribution >= 0.6 is 0 Å². The second-order valence-corrected chi connectivity index (χ2v) is 0.671. The summed E-state index contributed by atoms with van der Waals surface area (Å²) in [5.41, 5.74) is 0. The van der Waals surface area contributed by atoms with Gasteiger partial charge in [0.2, 0.25) is 0 Å². The fourth-order valence-corrected chi connectivity index (χ4v) is 0. The van der Waals surface area contributed by atoms with E-state index in [9.17, 15) is 0 Å². The van der Waals surface area contributed by atoms with Crippen LogP contribution in [0.1, 0.15) is 0 Å². The van der Waals surface area contributed by atoms with E-state index in [-0.39, 0.29) is 49.3 Å². The molecule has 0 aromatic heterocycles. The average Bonchev–Trinajstić information content (AvgIpc) is 1.54. The molecule has 0 aromatic carbocycles. The first-order chi connectivity index (χ1) is 5.20. The van der Waals surface area contributed by atoms with Gasteiger partial charge in [-0.25, -0.2) is 0 Å². The lowest BCUT2D eigenvalue weighted by Gasteiger charge is -1.74. The van der Waals surface area contributed by atoms with Gasteiger partial charge in [-0.1, -0.05) is 0 Å². The lowest BCUT2D eigenvalue weighted by molar-refractivity contribution is -0.403. The Morgan fingerprint density at radius 2 is 0.333 bits per heavy atom. The fourth-order valence-electron chi connectivity index (χ4n) is 0. The van der Waals surface area contributed by atoms with Crippen LogP contribution < -0.4 is 0 Å². The minimum absolute atomic E-state index is 0. The summed E-state index contributed by atoms with van der Waals surface area (Å²) in [6.45, 7) is 0. The Morgan fingerprint density at radius 3 is 0.333 bits per heavy atom. The molecular weight excluding hydrogens is 330 g/mol. The van der Waals surface area contributed by atoms with E-state index in [1.54, 1.807) is 0 Å². The van der Waals surface area contributed by atoms with Crippen molar-refractivity contribution < 1.29 is 64.5 Å². The van der Waals surface area contributed by atoms with E-state index in [1.807, 2.05) is 0 Å². The van der Waals surface area contributed by atoms with Crippen LogP contribution in [0.5, 0.6) is 0 Å². The highest BCUT2D eigenvalue weighted by Crippen LogP contribution is 1.45. The van der Waals surface area contributed by atoms with Crippen molar-refractivity contribution in [3.8, 4) is 0 Å². The Morgan fingerprint density at radius 1 is 0.333 bits per heavy atom. The number of nitrogens with zero attached hydrogens (tertiary/aromatic N) is 3. The van der Waals surface area contributed by atoms with Gasteiger partial charge in [0, 0.05) is 0 Å². The van der Waals surface area contributed by atoms with Crippen molar-refractivity contribution in [1.29, 1.82) is 0 Å². The molecule has 21 heavy (non-hydrogen) atoms. The van der Waals surface area contributed by atoms with Gasteiger partial charge in [0.1, 0.15) is 0 Å². The standard InChI is InChI=1S/3NO3.9H2O/c3*2-1(3)4;;;;;;;;;/h;;;9*1H2/q3*-1;;;;;;;;;. The van der Waals surface area contributed by atoms with Crippen molar-refractivity contribution in [2.75, 3.05) is 0 Å². The van der Waals surface area contributed by atoms with Gasteiger partial charge in [0.05, 0.1) is 15.3 Å². The highest BCUT2D eigenvalue weighted by molar-refractivity contribution is 4.04. The molecule has 21 heteroatoms. The second-order valence-electron chi connectivity index (χ2n) is 0.671. The molecule has 0 aromatic rings. The minimum atomic E-state index is -1.75. The molecule has 0 saturated carbocycles. The smallest absolute Gasteiger partial charge is 0.0689 e. The van der Waals surface area contributed by atoms with Crippen molar-refractivity contribution in [2.45, 2.75) is 0 Å². The first-order valence-electron chi connectivity index (χ1n) is 1.64. The SMILES string of the molecule is O.O.O.O.O.O.O.O.O.O=[N+]([O-])[O-].O=[N+]([O-])[O-].O=[N+]([O-])[O-]. The van der Waals surface area contributed by atoms with Crippen LogP contribution in [0, 0.1) is 46.0 Å². The predicted molar refractivity (Wildman–Crippen MR) is 63.6 cm³/mol. The number of rotatable bonds is 0. The van der Waals surface area contributed by atoms with Gasteiger partial charge < -0.3 is 95.3 Å². The van der Waals surface area contributed by atoms with Gasteiger partial charge in [-0.05, 0) is 0 Å². The molecule has 0 fully saturated rings. The zero-order chi connectivity index (χ0) is 10.7. The number of hydrogen-bond donors (Lipinski definition) is 0. The highest BCUT2D eigenvalue weighted by Gasteiger charge is 1.46. The van der Waals surface area contributed by atoms with Gasteiger partial charge in [-0.15, -0.1) is 0 Å². The van der Waals surface area contributed by atoms with E-state index >= 15 is 0 Å². The van der Waals surface area contributed by atoms with E-state index in [2.05, 4.69) is 0 Å². The lowest BCUT2D eigenvalue weighted by atomic mass is 13.1. The summed E-state index contributed by atoms with van der Waals surface area (Å²) in [7, 11) is 0. The molecular formula is H18N3O18-3. The maximum Gasteiger partial charge on any atom is 0.0689 e. The first kappa shape index (κ1) is 139. The minimum Gasteiger partial charge on any atom is -0.412 e. The third-order valence-corrected chi connectivity index (χ3v) is 0. The summed E-state index contributed by atoms with van der Waals surface area (Å²) < 4.78 is 0. The summed E-state index contributed by atoms with van der Waals surface area (Å²) in [6.07, 6.45) is 0. The van der Waals surface area contributed by atoms with Crippen molar-refractivity contribution in [2.24, 2.45) is 0 Å².